The maximum absolute atomic E-state index is 11.6. The van der Waals surface area contributed by atoms with E-state index < -0.39 is 6.09 Å². The number of rotatable bonds is 2. The van der Waals surface area contributed by atoms with Crippen LogP contribution in [0.25, 0.3) is 0 Å². The number of anilines is 1. The summed E-state index contributed by atoms with van der Waals surface area (Å²) in [5.74, 6) is 0. The molecule has 5 nitrogen and oxygen atoms in total. The van der Waals surface area contributed by atoms with Gasteiger partial charge < -0.3 is 10.1 Å². The van der Waals surface area contributed by atoms with Crippen LogP contribution in [0.5, 0.6) is 0 Å². The van der Waals surface area contributed by atoms with Crippen molar-refractivity contribution in [2.24, 2.45) is 0 Å². The zero-order valence-electron chi connectivity index (χ0n) is 9.98. The number of nitrogens with one attached hydrogen (secondary N) is 2. The molecule has 0 bridgehead atoms. The van der Waals surface area contributed by atoms with Crippen LogP contribution in [0.2, 0.25) is 0 Å². The lowest BCUT2D eigenvalue weighted by Gasteiger charge is -2.22. The molecule has 1 aliphatic rings. The van der Waals surface area contributed by atoms with Gasteiger partial charge in [0.05, 0.1) is 11.6 Å². The first-order valence-corrected chi connectivity index (χ1v) is 5.96. The minimum absolute atomic E-state index is 0.0582. The van der Waals surface area contributed by atoms with Crippen LogP contribution in [-0.4, -0.2) is 25.3 Å². The fourth-order valence-corrected chi connectivity index (χ4v) is 1.85. The molecule has 1 aliphatic heterocycles. The van der Waals surface area contributed by atoms with Crippen molar-refractivity contribution in [3.63, 3.8) is 0 Å². The quantitative estimate of drug-likeness (QED) is 0.834. The summed E-state index contributed by atoms with van der Waals surface area (Å²) < 4.78 is 5.27. The van der Waals surface area contributed by atoms with E-state index in [0.29, 0.717) is 17.8 Å². The van der Waals surface area contributed by atoms with Gasteiger partial charge in [-0.1, -0.05) is 0 Å². The van der Waals surface area contributed by atoms with E-state index >= 15 is 0 Å². The van der Waals surface area contributed by atoms with E-state index in [1.54, 1.807) is 24.3 Å². The fraction of sp³-hybridized carbons (Fsp3) is 0.385. The molecule has 2 N–H and O–H groups in total. The molecule has 0 aromatic heterocycles. The normalized spacial score (nSPS) is 18.7. The number of nitriles is 1. The topological polar surface area (TPSA) is 74.2 Å². The van der Waals surface area contributed by atoms with Crippen molar-refractivity contribution in [2.45, 2.75) is 18.9 Å². The molecule has 2 rings (SSSR count). The maximum atomic E-state index is 11.6. The molecule has 0 unspecified atom stereocenters. The molecule has 1 amide bonds. The van der Waals surface area contributed by atoms with Gasteiger partial charge in [-0.3, -0.25) is 5.32 Å². The molecule has 94 valence electrons. The lowest BCUT2D eigenvalue weighted by atomic mass is 10.1. The third-order valence-electron chi connectivity index (χ3n) is 2.79. The molecule has 5 heteroatoms. The predicted molar refractivity (Wildman–Crippen MR) is 67.2 cm³/mol. The van der Waals surface area contributed by atoms with Gasteiger partial charge in [-0.15, -0.1) is 0 Å². The molecular formula is C13H15N3O2. The van der Waals surface area contributed by atoms with Gasteiger partial charge in [-0.2, -0.15) is 5.26 Å². The lowest BCUT2D eigenvalue weighted by Crippen LogP contribution is -2.37. The number of benzene rings is 1. The van der Waals surface area contributed by atoms with Gasteiger partial charge in [0.25, 0.3) is 0 Å². The van der Waals surface area contributed by atoms with Crippen LogP contribution in [0.1, 0.15) is 18.4 Å². The smallest absolute Gasteiger partial charge is 0.411 e. The van der Waals surface area contributed by atoms with Crippen molar-refractivity contribution in [1.82, 2.24) is 5.32 Å². The van der Waals surface area contributed by atoms with Crippen LogP contribution in [0, 0.1) is 11.3 Å². The van der Waals surface area contributed by atoms with E-state index in [-0.39, 0.29) is 6.10 Å². The minimum Gasteiger partial charge on any atom is -0.445 e. The summed E-state index contributed by atoms with van der Waals surface area (Å²) in [7, 11) is 0. The highest BCUT2D eigenvalue weighted by Crippen LogP contribution is 2.11. The molecule has 1 aromatic rings. The predicted octanol–water partition coefficient (Wildman–Crippen LogP) is 1.86. The third kappa shape index (κ3) is 3.47. The Hall–Kier alpha value is -2.06. The Bertz CT molecular complexity index is 444. The summed E-state index contributed by atoms with van der Waals surface area (Å²) in [6.07, 6.45) is 1.41. The minimum atomic E-state index is -0.451. The van der Waals surface area contributed by atoms with E-state index in [1.807, 2.05) is 6.07 Å². The summed E-state index contributed by atoms with van der Waals surface area (Å²) in [5.41, 5.74) is 1.19. The third-order valence-corrected chi connectivity index (χ3v) is 2.79. The Balaban J connectivity index is 1.84. The van der Waals surface area contributed by atoms with E-state index in [9.17, 15) is 4.79 Å². The molecule has 0 aliphatic carbocycles. The van der Waals surface area contributed by atoms with Gasteiger partial charge in [0.1, 0.15) is 6.10 Å². The van der Waals surface area contributed by atoms with Crippen molar-refractivity contribution >= 4 is 11.8 Å². The van der Waals surface area contributed by atoms with Crippen LogP contribution in [0.3, 0.4) is 0 Å². The Morgan fingerprint density at radius 1 is 1.44 bits per heavy atom. The van der Waals surface area contributed by atoms with Gasteiger partial charge in [0.2, 0.25) is 0 Å². The second-order valence-corrected chi connectivity index (χ2v) is 4.19. The van der Waals surface area contributed by atoms with E-state index in [2.05, 4.69) is 10.6 Å². The maximum Gasteiger partial charge on any atom is 0.411 e. The molecule has 1 saturated heterocycles. The number of carbonyl (C=O) groups excluding carboxylic acids is 1. The van der Waals surface area contributed by atoms with E-state index in [4.69, 9.17) is 10.00 Å². The van der Waals surface area contributed by atoms with Gasteiger partial charge in [0.15, 0.2) is 0 Å². The number of hydrogen-bond acceptors (Lipinski definition) is 4. The average molecular weight is 245 g/mol. The first-order valence-electron chi connectivity index (χ1n) is 5.96. The average Bonchev–Trinajstić information content (AvgIpc) is 2.40. The summed E-state index contributed by atoms with van der Waals surface area (Å²) in [4.78, 5) is 11.6. The molecule has 0 spiro atoms. The van der Waals surface area contributed by atoms with Gasteiger partial charge in [-0.25, -0.2) is 4.79 Å². The van der Waals surface area contributed by atoms with E-state index in [0.717, 1.165) is 19.4 Å². The number of piperidine rings is 1. The summed E-state index contributed by atoms with van der Waals surface area (Å²) in [6.45, 7) is 1.69. The molecule has 18 heavy (non-hydrogen) atoms. The first-order chi connectivity index (χ1) is 8.78. The summed E-state index contributed by atoms with van der Waals surface area (Å²) >= 11 is 0. The number of amides is 1. The van der Waals surface area contributed by atoms with Crippen molar-refractivity contribution in [2.75, 3.05) is 18.4 Å². The Labute approximate surface area is 106 Å². The Morgan fingerprint density at radius 2 is 2.22 bits per heavy atom. The SMILES string of the molecule is N#Cc1ccc(NC(=O)O[C@H]2CCCNC2)cc1. The van der Waals surface area contributed by atoms with Gasteiger partial charge in [0, 0.05) is 12.2 Å². The van der Waals surface area contributed by atoms with Crippen molar-refractivity contribution in [1.29, 1.82) is 5.26 Å². The second kappa shape index (κ2) is 6.03. The number of nitrogens with zero attached hydrogens (tertiary/aromatic N) is 1. The number of hydrogen-bond donors (Lipinski definition) is 2. The molecule has 1 atom stereocenters. The molecule has 1 fully saturated rings. The largest absolute Gasteiger partial charge is 0.445 e. The Kier molecular flexibility index (Phi) is 4.15. The number of ether oxygens (including phenoxy) is 1. The molecule has 0 radical (unpaired) electrons. The number of carbonyl (C=O) groups is 1. The molecule has 0 saturated carbocycles. The van der Waals surface area contributed by atoms with Crippen LogP contribution in [0.4, 0.5) is 10.5 Å². The zero-order chi connectivity index (χ0) is 12.8. The van der Waals surface area contributed by atoms with Crippen molar-refractivity contribution in [3.05, 3.63) is 29.8 Å². The summed E-state index contributed by atoms with van der Waals surface area (Å²) in [5, 5.41) is 14.5. The van der Waals surface area contributed by atoms with Crippen LogP contribution >= 0.6 is 0 Å². The zero-order valence-corrected chi connectivity index (χ0v) is 9.98. The highest BCUT2D eigenvalue weighted by Gasteiger charge is 2.17. The standard InChI is InChI=1S/C13H15N3O2/c14-8-10-3-5-11(6-4-10)16-13(17)18-12-2-1-7-15-9-12/h3-6,12,15H,1-2,7,9H2,(H,16,17)/t12-/m0/s1. The monoisotopic (exact) mass is 245 g/mol. The van der Waals surface area contributed by atoms with Crippen LogP contribution in [0.15, 0.2) is 24.3 Å². The van der Waals surface area contributed by atoms with Crippen molar-refractivity contribution in [3.8, 4) is 6.07 Å². The Morgan fingerprint density at radius 3 is 2.83 bits per heavy atom. The molecular weight excluding hydrogens is 230 g/mol. The van der Waals surface area contributed by atoms with Crippen LogP contribution in [-0.2, 0) is 4.74 Å². The lowest BCUT2D eigenvalue weighted by molar-refractivity contribution is 0.0941. The van der Waals surface area contributed by atoms with Crippen molar-refractivity contribution < 1.29 is 9.53 Å². The van der Waals surface area contributed by atoms with Gasteiger partial charge >= 0.3 is 6.09 Å². The highest BCUT2D eigenvalue weighted by molar-refractivity contribution is 5.84. The van der Waals surface area contributed by atoms with E-state index in [1.165, 1.54) is 0 Å². The van der Waals surface area contributed by atoms with Crippen LogP contribution < -0.4 is 10.6 Å². The molecule has 1 aromatic carbocycles. The highest BCUT2D eigenvalue weighted by atomic mass is 16.6. The summed E-state index contributed by atoms with van der Waals surface area (Å²) in [6, 6.07) is 8.68. The molecule has 1 heterocycles. The van der Waals surface area contributed by atoms with Gasteiger partial charge in [-0.05, 0) is 43.7 Å². The fourth-order valence-electron chi connectivity index (χ4n) is 1.85. The second-order valence-electron chi connectivity index (χ2n) is 4.19. The first kappa shape index (κ1) is 12.4.